The van der Waals surface area contributed by atoms with Crippen molar-refractivity contribution in [1.29, 1.82) is 0 Å². The van der Waals surface area contributed by atoms with E-state index in [0.717, 1.165) is 6.20 Å². The summed E-state index contributed by atoms with van der Waals surface area (Å²) < 4.78 is 51.1. The van der Waals surface area contributed by atoms with Crippen LogP contribution in [0.2, 0.25) is 0 Å². The molecular weight excluding hydrogens is 361 g/mol. The molecule has 0 bridgehead atoms. The number of para-hydroxylation sites is 1. The molecule has 0 radical (unpaired) electrons. The van der Waals surface area contributed by atoms with Crippen LogP contribution in [-0.4, -0.2) is 29.7 Å². The summed E-state index contributed by atoms with van der Waals surface area (Å²) in [5.74, 6) is 1.55. The van der Waals surface area contributed by atoms with Crippen LogP contribution in [0.15, 0.2) is 30.5 Å². The van der Waals surface area contributed by atoms with Gasteiger partial charge in [0.2, 0.25) is 0 Å². The zero-order valence-electron chi connectivity index (χ0n) is 14.4. The minimum absolute atomic E-state index is 0.0181. The third-order valence-corrected chi connectivity index (χ3v) is 4.14. The second-order valence-electron chi connectivity index (χ2n) is 5.96. The summed E-state index contributed by atoms with van der Waals surface area (Å²) in [7, 11) is 0. The minimum Gasteiger partial charge on any atom is -0.486 e. The van der Waals surface area contributed by atoms with Gasteiger partial charge in [0, 0.05) is 24.5 Å². The van der Waals surface area contributed by atoms with E-state index in [1.807, 2.05) is 6.92 Å². The summed E-state index contributed by atoms with van der Waals surface area (Å²) in [6.07, 6.45) is -3.54. The van der Waals surface area contributed by atoms with Crippen LogP contribution in [-0.2, 0) is 6.18 Å². The number of rotatable bonds is 4. The summed E-state index contributed by atoms with van der Waals surface area (Å²) in [5.41, 5.74) is 0.371. The van der Waals surface area contributed by atoms with Crippen LogP contribution < -0.4 is 20.1 Å². The van der Waals surface area contributed by atoms with Gasteiger partial charge in [-0.15, -0.1) is 0 Å². The van der Waals surface area contributed by atoms with Gasteiger partial charge in [-0.25, -0.2) is 4.98 Å². The van der Waals surface area contributed by atoms with Gasteiger partial charge < -0.3 is 25.1 Å². The lowest BCUT2D eigenvalue weighted by Crippen LogP contribution is -2.16. The number of hydrogen-bond acceptors (Lipinski definition) is 5. The number of nitrogens with zero attached hydrogens (tertiary/aromatic N) is 1. The number of ether oxygens (including phenoxy) is 2. The first-order valence-corrected chi connectivity index (χ1v) is 8.46. The van der Waals surface area contributed by atoms with Gasteiger partial charge in [0.05, 0.1) is 16.6 Å². The molecule has 0 fully saturated rings. The van der Waals surface area contributed by atoms with Crippen molar-refractivity contribution in [3.05, 3.63) is 36.0 Å². The first-order valence-electron chi connectivity index (χ1n) is 8.46. The van der Waals surface area contributed by atoms with E-state index in [9.17, 15) is 13.2 Å². The summed E-state index contributed by atoms with van der Waals surface area (Å²) in [6, 6.07) is 6.94. The van der Waals surface area contributed by atoms with Crippen LogP contribution in [0.5, 0.6) is 11.5 Å². The Kier molecular flexibility index (Phi) is 4.21. The number of aromatic amines is 1. The lowest BCUT2D eigenvalue weighted by Gasteiger charge is -2.21. The molecule has 6 nitrogen and oxygen atoms in total. The highest BCUT2D eigenvalue weighted by molar-refractivity contribution is 5.95. The van der Waals surface area contributed by atoms with Crippen LogP contribution >= 0.6 is 0 Å². The molecule has 2 aromatic heterocycles. The van der Waals surface area contributed by atoms with Gasteiger partial charge in [-0.3, -0.25) is 0 Å². The first kappa shape index (κ1) is 17.3. The maximum Gasteiger partial charge on any atom is 0.418 e. The molecule has 1 aliphatic rings. The van der Waals surface area contributed by atoms with E-state index in [0.29, 0.717) is 48.5 Å². The van der Waals surface area contributed by atoms with E-state index in [1.54, 1.807) is 24.3 Å². The van der Waals surface area contributed by atoms with Crippen LogP contribution in [0.25, 0.3) is 11.0 Å². The fourth-order valence-corrected chi connectivity index (χ4v) is 3.06. The normalized spacial score (nSPS) is 13.6. The van der Waals surface area contributed by atoms with E-state index in [1.165, 1.54) is 0 Å². The van der Waals surface area contributed by atoms with Crippen molar-refractivity contribution in [3.8, 4) is 11.5 Å². The average molecular weight is 378 g/mol. The van der Waals surface area contributed by atoms with Crippen molar-refractivity contribution < 1.29 is 22.6 Å². The SMILES string of the molecule is CCNc1cc(Nc2cccc3c2OCCO3)nc2[nH]cc(C(F)(F)F)c12. The maximum absolute atomic E-state index is 13.3. The van der Waals surface area contributed by atoms with Crippen LogP contribution in [0.4, 0.5) is 30.4 Å². The van der Waals surface area contributed by atoms with E-state index in [4.69, 9.17) is 9.47 Å². The minimum atomic E-state index is -4.47. The lowest BCUT2D eigenvalue weighted by atomic mass is 10.1. The number of nitrogens with one attached hydrogen (secondary N) is 3. The smallest absolute Gasteiger partial charge is 0.418 e. The standard InChI is InChI=1S/C18H17F3N4O2/c1-2-22-12-8-14(25-17-15(12)10(9-23-17)18(19,20)21)24-11-4-3-5-13-16(11)27-7-6-26-13/h3-5,8-9H,2,6-7H2,1H3,(H3,22,23,24,25). The second kappa shape index (κ2) is 6.57. The molecule has 9 heteroatoms. The molecule has 1 aliphatic heterocycles. The molecule has 0 atom stereocenters. The van der Waals surface area contributed by atoms with Gasteiger partial charge in [0.15, 0.2) is 11.5 Å². The fourth-order valence-electron chi connectivity index (χ4n) is 3.06. The summed E-state index contributed by atoms with van der Waals surface area (Å²) >= 11 is 0. The number of halogens is 3. The van der Waals surface area contributed by atoms with Crippen molar-refractivity contribution in [2.45, 2.75) is 13.1 Å². The zero-order chi connectivity index (χ0) is 19.0. The number of benzene rings is 1. The fraction of sp³-hybridized carbons (Fsp3) is 0.278. The molecule has 27 heavy (non-hydrogen) atoms. The van der Waals surface area contributed by atoms with Crippen molar-refractivity contribution in [1.82, 2.24) is 9.97 Å². The van der Waals surface area contributed by atoms with Crippen LogP contribution in [0.1, 0.15) is 12.5 Å². The third kappa shape index (κ3) is 3.20. The van der Waals surface area contributed by atoms with E-state index in [-0.39, 0.29) is 11.0 Å². The molecule has 0 aliphatic carbocycles. The Morgan fingerprint density at radius 3 is 2.78 bits per heavy atom. The maximum atomic E-state index is 13.3. The first-order chi connectivity index (χ1) is 13.0. The molecule has 0 amide bonds. The van der Waals surface area contributed by atoms with Gasteiger partial charge in [-0.1, -0.05) is 6.07 Å². The van der Waals surface area contributed by atoms with Crippen molar-refractivity contribution in [2.75, 3.05) is 30.4 Å². The number of fused-ring (bicyclic) bond motifs is 2. The summed E-state index contributed by atoms with van der Waals surface area (Å²) in [6.45, 7) is 3.18. The van der Waals surface area contributed by atoms with Gasteiger partial charge >= 0.3 is 6.18 Å². The predicted octanol–water partition coefficient (Wildman–Crippen LogP) is 4.53. The molecule has 0 saturated carbocycles. The van der Waals surface area contributed by atoms with E-state index >= 15 is 0 Å². The molecule has 0 unspecified atom stereocenters. The average Bonchev–Trinajstić information content (AvgIpc) is 3.07. The molecule has 0 saturated heterocycles. The monoisotopic (exact) mass is 378 g/mol. The second-order valence-corrected chi connectivity index (χ2v) is 5.96. The topological polar surface area (TPSA) is 71.2 Å². The molecule has 4 rings (SSSR count). The Morgan fingerprint density at radius 2 is 2.00 bits per heavy atom. The number of H-pyrrole nitrogens is 1. The Balaban J connectivity index is 1.78. The van der Waals surface area contributed by atoms with E-state index < -0.39 is 11.7 Å². The van der Waals surface area contributed by atoms with E-state index in [2.05, 4.69) is 20.6 Å². The Labute approximate surface area is 152 Å². The number of hydrogen-bond donors (Lipinski definition) is 3. The van der Waals surface area contributed by atoms with Gasteiger partial charge in [-0.2, -0.15) is 13.2 Å². The van der Waals surface area contributed by atoms with Crippen LogP contribution in [0, 0.1) is 0 Å². The zero-order valence-corrected chi connectivity index (χ0v) is 14.4. The highest BCUT2D eigenvalue weighted by Gasteiger charge is 2.35. The Hall–Kier alpha value is -3.10. The molecule has 3 heterocycles. The third-order valence-electron chi connectivity index (χ3n) is 4.14. The predicted molar refractivity (Wildman–Crippen MR) is 96.0 cm³/mol. The number of alkyl halides is 3. The van der Waals surface area contributed by atoms with Crippen molar-refractivity contribution in [3.63, 3.8) is 0 Å². The van der Waals surface area contributed by atoms with Gasteiger partial charge in [-0.05, 0) is 19.1 Å². The number of aromatic nitrogens is 2. The van der Waals surface area contributed by atoms with Crippen molar-refractivity contribution >= 4 is 28.2 Å². The molecule has 142 valence electrons. The van der Waals surface area contributed by atoms with Gasteiger partial charge in [0.1, 0.15) is 24.7 Å². The molecule has 1 aromatic carbocycles. The van der Waals surface area contributed by atoms with Gasteiger partial charge in [0.25, 0.3) is 0 Å². The highest BCUT2D eigenvalue weighted by atomic mass is 19.4. The van der Waals surface area contributed by atoms with Crippen molar-refractivity contribution in [2.24, 2.45) is 0 Å². The quantitative estimate of drug-likeness (QED) is 0.622. The lowest BCUT2D eigenvalue weighted by molar-refractivity contribution is -0.136. The summed E-state index contributed by atoms with van der Waals surface area (Å²) in [4.78, 5) is 6.91. The van der Waals surface area contributed by atoms with Crippen LogP contribution in [0.3, 0.4) is 0 Å². The Bertz CT molecular complexity index is 985. The molecule has 0 spiro atoms. The number of pyridine rings is 1. The molecule has 3 aromatic rings. The largest absolute Gasteiger partial charge is 0.486 e. The number of anilines is 3. The molecular formula is C18H17F3N4O2. The summed E-state index contributed by atoms with van der Waals surface area (Å²) in [5, 5.41) is 6.11. The molecule has 3 N–H and O–H groups in total. The highest BCUT2D eigenvalue weighted by Crippen LogP contribution is 2.41. The Morgan fingerprint density at radius 1 is 1.19 bits per heavy atom.